The van der Waals surface area contributed by atoms with Gasteiger partial charge in [0.25, 0.3) is 0 Å². The molecule has 0 aliphatic rings. The van der Waals surface area contributed by atoms with Gasteiger partial charge >= 0.3 is 5.97 Å². The molecule has 0 fully saturated rings. The lowest BCUT2D eigenvalue weighted by molar-refractivity contribution is 0.0684. The third-order valence-corrected chi connectivity index (χ3v) is 6.10. The van der Waals surface area contributed by atoms with Crippen LogP contribution in [0.1, 0.15) is 52.5 Å². The van der Waals surface area contributed by atoms with Crippen LogP contribution in [-0.4, -0.2) is 27.9 Å². The number of hydrogen-bond donors (Lipinski definition) is 3. The van der Waals surface area contributed by atoms with Crippen LogP contribution in [0.4, 0.5) is 0 Å². The lowest BCUT2D eigenvalue weighted by atomic mass is 10.0. The number of benzene rings is 3. The molecule has 176 valence electrons. The molecule has 1 heterocycles. The van der Waals surface area contributed by atoms with E-state index in [2.05, 4.69) is 31.3 Å². The highest BCUT2D eigenvalue weighted by atomic mass is 16.5. The summed E-state index contributed by atoms with van der Waals surface area (Å²) in [7, 11) is 1.64. The summed E-state index contributed by atoms with van der Waals surface area (Å²) in [5.41, 5.74) is 5.08. The number of phenols is 1. The number of phenolic OH excluding ortho intramolecular Hbond substituents is 1. The third kappa shape index (κ3) is 4.92. The molecule has 1 aromatic heterocycles. The van der Waals surface area contributed by atoms with Crippen molar-refractivity contribution >= 4 is 16.9 Å². The van der Waals surface area contributed by atoms with Crippen LogP contribution in [0.15, 0.2) is 66.7 Å². The zero-order valence-electron chi connectivity index (χ0n) is 19.7. The van der Waals surface area contributed by atoms with Crippen molar-refractivity contribution in [2.24, 2.45) is 0 Å². The first-order valence-electron chi connectivity index (χ1n) is 11.4. The minimum Gasteiger partial charge on any atom is -0.508 e. The van der Waals surface area contributed by atoms with E-state index in [0.29, 0.717) is 25.6 Å². The average Bonchev–Trinajstić information content (AvgIpc) is 3.13. The predicted octanol–water partition coefficient (Wildman–Crippen LogP) is 5.52. The molecule has 0 radical (unpaired) electrons. The van der Waals surface area contributed by atoms with Gasteiger partial charge in [-0.2, -0.15) is 0 Å². The first-order chi connectivity index (χ1) is 16.4. The van der Waals surface area contributed by atoms with E-state index in [1.165, 1.54) is 0 Å². The van der Waals surface area contributed by atoms with Gasteiger partial charge in [-0.05, 0) is 52.9 Å². The molecule has 0 atom stereocenters. The van der Waals surface area contributed by atoms with E-state index in [9.17, 15) is 15.0 Å². The molecule has 6 nitrogen and oxygen atoms in total. The summed E-state index contributed by atoms with van der Waals surface area (Å²) < 4.78 is 7.17. The Morgan fingerprint density at radius 2 is 1.76 bits per heavy atom. The number of hydrogen-bond acceptors (Lipinski definition) is 4. The van der Waals surface area contributed by atoms with Crippen molar-refractivity contribution in [2.45, 2.75) is 39.4 Å². The molecule has 0 spiro atoms. The Kier molecular flexibility index (Phi) is 6.89. The van der Waals surface area contributed by atoms with Gasteiger partial charge in [0.15, 0.2) is 0 Å². The molecule has 4 rings (SSSR count). The topological polar surface area (TPSA) is 83.7 Å². The summed E-state index contributed by atoms with van der Waals surface area (Å²) in [4.78, 5) is 12.5. The Labute approximate surface area is 199 Å². The van der Waals surface area contributed by atoms with Gasteiger partial charge in [0.1, 0.15) is 17.2 Å². The second-order valence-electron chi connectivity index (χ2n) is 8.77. The molecule has 4 aromatic rings. The predicted molar refractivity (Wildman–Crippen MR) is 134 cm³/mol. The first-order valence-corrected chi connectivity index (χ1v) is 11.4. The Morgan fingerprint density at radius 1 is 1.00 bits per heavy atom. The van der Waals surface area contributed by atoms with Gasteiger partial charge in [0, 0.05) is 36.1 Å². The average molecular weight is 459 g/mol. The highest BCUT2D eigenvalue weighted by Gasteiger charge is 2.23. The van der Waals surface area contributed by atoms with Crippen LogP contribution in [0, 0.1) is 0 Å². The fourth-order valence-electron chi connectivity index (χ4n) is 4.28. The standard InChI is InChI=1S/C28H30N2O4/c1-18(2)21-9-12-24-25(16-29-15-20-5-4-6-23(13-20)34-3)27(28(32)33)30(26(24)14-21)17-19-7-10-22(31)11-8-19/h4-14,18,29,31H,15-17H2,1-3H3,(H,32,33). The number of methoxy groups -OCH3 is 1. The number of aromatic carboxylic acids is 1. The Hall–Kier alpha value is -3.77. The van der Waals surface area contributed by atoms with Crippen LogP contribution in [0.3, 0.4) is 0 Å². The molecule has 0 saturated heterocycles. The van der Waals surface area contributed by atoms with Gasteiger partial charge in [-0.1, -0.05) is 50.2 Å². The number of carboxylic acid groups (broad SMARTS) is 1. The SMILES string of the molecule is COc1cccc(CNCc2c(C(=O)O)n(Cc3ccc(O)cc3)c3cc(C(C)C)ccc23)c1. The zero-order valence-corrected chi connectivity index (χ0v) is 19.7. The monoisotopic (exact) mass is 458 g/mol. The van der Waals surface area contributed by atoms with Crippen LogP contribution in [-0.2, 0) is 19.6 Å². The summed E-state index contributed by atoms with van der Waals surface area (Å²) in [6, 6.07) is 20.9. The maximum atomic E-state index is 12.5. The van der Waals surface area contributed by atoms with E-state index in [-0.39, 0.29) is 11.4 Å². The number of rotatable bonds is 9. The molecular weight excluding hydrogens is 428 g/mol. The number of fused-ring (bicyclic) bond motifs is 1. The maximum Gasteiger partial charge on any atom is 0.352 e. The van der Waals surface area contributed by atoms with Crippen molar-refractivity contribution in [1.29, 1.82) is 0 Å². The molecular formula is C28H30N2O4. The number of carbonyl (C=O) groups is 1. The first kappa shape index (κ1) is 23.4. The Balaban J connectivity index is 1.74. The summed E-state index contributed by atoms with van der Waals surface area (Å²) >= 11 is 0. The quantitative estimate of drug-likeness (QED) is 0.308. The molecule has 3 aromatic carbocycles. The molecule has 3 N–H and O–H groups in total. The zero-order chi connectivity index (χ0) is 24.2. The van der Waals surface area contributed by atoms with Gasteiger partial charge in [-0.15, -0.1) is 0 Å². The van der Waals surface area contributed by atoms with E-state index in [1.54, 1.807) is 19.2 Å². The molecule has 0 aliphatic carbocycles. The Bertz CT molecular complexity index is 1310. The third-order valence-electron chi connectivity index (χ3n) is 6.10. The molecule has 0 saturated carbocycles. The van der Waals surface area contributed by atoms with Crippen molar-refractivity contribution in [2.75, 3.05) is 7.11 Å². The number of ether oxygens (including phenoxy) is 1. The van der Waals surface area contributed by atoms with Crippen molar-refractivity contribution in [1.82, 2.24) is 9.88 Å². The fraction of sp³-hybridized carbons (Fsp3) is 0.250. The van der Waals surface area contributed by atoms with Gasteiger partial charge in [-0.3, -0.25) is 0 Å². The van der Waals surface area contributed by atoms with Crippen LogP contribution in [0.5, 0.6) is 11.5 Å². The van der Waals surface area contributed by atoms with Crippen LogP contribution < -0.4 is 10.1 Å². The number of aromatic hydroxyl groups is 1. The molecule has 0 bridgehead atoms. The largest absolute Gasteiger partial charge is 0.508 e. The molecule has 6 heteroatoms. The molecule has 0 unspecified atom stereocenters. The smallest absolute Gasteiger partial charge is 0.352 e. The van der Waals surface area contributed by atoms with Gasteiger partial charge < -0.3 is 24.8 Å². The minimum atomic E-state index is -0.959. The van der Waals surface area contributed by atoms with E-state index in [1.807, 2.05) is 47.0 Å². The molecule has 34 heavy (non-hydrogen) atoms. The number of nitrogens with zero attached hydrogens (tertiary/aromatic N) is 1. The van der Waals surface area contributed by atoms with E-state index >= 15 is 0 Å². The van der Waals surface area contributed by atoms with Crippen molar-refractivity contribution in [3.63, 3.8) is 0 Å². The highest BCUT2D eigenvalue weighted by molar-refractivity contribution is 5.98. The number of aromatic nitrogens is 1. The summed E-state index contributed by atoms with van der Waals surface area (Å²) in [5.74, 6) is 0.338. The number of nitrogens with one attached hydrogen (secondary N) is 1. The second kappa shape index (κ2) is 10.0. The van der Waals surface area contributed by atoms with Crippen molar-refractivity contribution in [3.8, 4) is 11.5 Å². The molecule has 0 amide bonds. The van der Waals surface area contributed by atoms with Crippen molar-refractivity contribution < 1.29 is 19.7 Å². The van der Waals surface area contributed by atoms with Gasteiger partial charge in [0.2, 0.25) is 0 Å². The lowest BCUT2D eigenvalue weighted by Crippen LogP contribution is -2.17. The summed E-state index contributed by atoms with van der Waals surface area (Å²) in [5, 5.41) is 24.2. The van der Waals surface area contributed by atoms with Crippen molar-refractivity contribution in [3.05, 3.63) is 94.7 Å². The molecule has 0 aliphatic heterocycles. The van der Waals surface area contributed by atoms with E-state index in [0.717, 1.165) is 38.9 Å². The van der Waals surface area contributed by atoms with Crippen LogP contribution in [0.25, 0.3) is 10.9 Å². The second-order valence-corrected chi connectivity index (χ2v) is 8.77. The van der Waals surface area contributed by atoms with E-state index in [4.69, 9.17) is 4.74 Å². The maximum absolute atomic E-state index is 12.5. The van der Waals surface area contributed by atoms with Crippen LogP contribution >= 0.6 is 0 Å². The van der Waals surface area contributed by atoms with Crippen LogP contribution in [0.2, 0.25) is 0 Å². The minimum absolute atomic E-state index is 0.184. The Morgan fingerprint density at radius 3 is 2.44 bits per heavy atom. The number of carboxylic acids is 1. The van der Waals surface area contributed by atoms with Gasteiger partial charge in [-0.25, -0.2) is 4.79 Å². The van der Waals surface area contributed by atoms with Gasteiger partial charge in [0.05, 0.1) is 7.11 Å². The lowest BCUT2D eigenvalue weighted by Gasteiger charge is -2.11. The highest BCUT2D eigenvalue weighted by Crippen LogP contribution is 2.31. The van der Waals surface area contributed by atoms with E-state index < -0.39 is 5.97 Å². The fourth-order valence-corrected chi connectivity index (χ4v) is 4.28. The normalized spacial score (nSPS) is 11.3. The summed E-state index contributed by atoms with van der Waals surface area (Å²) in [6.07, 6.45) is 0. The summed E-state index contributed by atoms with van der Waals surface area (Å²) in [6.45, 7) is 5.66.